The highest BCUT2D eigenvalue weighted by Gasteiger charge is 2.18. The Morgan fingerprint density at radius 2 is 2.20 bits per heavy atom. The van der Waals surface area contributed by atoms with Crippen LogP contribution in [0, 0.1) is 13.8 Å². The van der Waals surface area contributed by atoms with E-state index < -0.39 is 0 Å². The number of aromatic hydroxyl groups is 1. The van der Waals surface area contributed by atoms with Crippen LogP contribution >= 0.6 is 11.3 Å². The van der Waals surface area contributed by atoms with Gasteiger partial charge in [0, 0.05) is 4.88 Å². The summed E-state index contributed by atoms with van der Waals surface area (Å²) in [5.41, 5.74) is 1.28. The van der Waals surface area contributed by atoms with E-state index in [1.165, 1.54) is 18.3 Å². The van der Waals surface area contributed by atoms with Crippen LogP contribution in [0.3, 0.4) is 0 Å². The number of hydrogen-bond donors (Lipinski definition) is 2. The zero-order valence-electron chi connectivity index (χ0n) is 11.7. The van der Waals surface area contributed by atoms with Crippen molar-refractivity contribution in [3.63, 3.8) is 0 Å². The number of rotatable bonds is 4. The second-order valence-electron chi connectivity index (χ2n) is 4.53. The van der Waals surface area contributed by atoms with Gasteiger partial charge in [-0.3, -0.25) is 4.79 Å². The van der Waals surface area contributed by atoms with Crippen LogP contribution in [0.5, 0.6) is 5.75 Å². The summed E-state index contributed by atoms with van der Waals surface area (Å²) >= 11 is 1.60. The van der Waals surface area contributed by atoms with Gasteiger partial charge >= 0.3 is 0 Å². The lowest BCUT2D eigenvalue weighted by molar-refractivity contribution is 0.0930. The molecule has 106 valence electrons. The predicted octanol–water partition coefficient (Wildman–Crippen LogP) is 2.74. The molecule has 2 rings (SSSR count). The van der Waals surface area contributed by atoms with Crippen LogP contribution in [0.15, 0.2) is 18.3 Å². The molecule has 0 saturated heterocycles. The van der Waals surface area contributed by atoms with Gasteiger partial charge in [-0.05, 0) is 32.4 Å². The van der Waals surface area contributed by atoms with Gasteiger partial charge in [-0.15, -0.1) is 11.3 Å². The molecule has 6 heteroatoms. The molecule has 0 aromatic carbocycles. The van der Waals surface area contributed by atoms with Gasteiger partial charge in [-0.1, -0.05) is 6.92 Å². The minimum atomic E-state index is -0.262. The molecule has 5 nitrogen and oxygen atoms in total. The van der Waals surface area contributed by atoms with Crippen molar-refractivity contribution in [2.75, 3.05) is 0 Å². The lowest BCUT2D eigenvalue weighted by Crippen LogP contribution is -2.28. The van der Waals surface area contributed by atoms with E-state index >= 15 is 0 Å². The standard InChI is InChI=1S/C14H17N3O2S/c1-4-11(14-16-8(2)9(3)20-14)17-13(19)12-6-5-10(18)7-15-12/h5-7,11,18H,4H2,1-3H3,(H,17,19)/t11-/m0/s1. The topological polar surface area (TPSA) is 75.1 Å². The molecule has 20 heavy (non-hydrogen) atoms. The largest absolute Gasteiger partial charge is 0.506 e. The van der Waals surface area contributed by atoms with Crippen molar-refractivity contribution in [3.8, 4) is 5.75 Å². The Hall–Kier alpha value is -1.95. The minimum Gasteiger partial charge on any atom is -0.506 e. The summed E-state index contributed by atoms with van der Waals surface area (Å²) in [5, 5.41) is 13.0. The highest BCUT2D eigenvalue weighted by molar-refractivity contribution is 7.11. The quantitative estimate of drug-likeness (QED) is 0.908. The van der Waals surface area contributed by atoms with Crippen molar-refractivity contribution >= 4 is 17.2 Å². The van der Waals surface area contributed by atoms with E-state index in [0.29, 0.717) is 0 Å². The molecule has 2 N–H and O–H groups in total. The first-order valence-electron chi connectivity index (χ1n) is 6.41. The summed E-state index contributed by atoms with van der Waals surface area (Å²) < 4.78 is 0. The fourth-order valence-corrected chi connectivity index (χ4v) is 2.80. The second-order valence-corrected chi connectivity index (χ2v) is 5.76. The molecule has 0 bridgehead atoms. The van der Waals surface area contributed by atoms with E-state index in [1.807, 2.05) is 20.8 Å². The number of amides is 1. The van der Waals surface area contributed by atoms with Crippen molar-refractivity contribution in [2.24, 2.45) is 0 Å². The molecule has 0 spiro atoms. The normalized spacial score (nSPS) is 12.2. The SMILES string of the molecule is CC[C@H](NC(=O)c1ccc(O)cn1)c1nc(C)c(C)s1. The van der Waals surface area contributed by atoms with Gasteiger partial charge in [0.1, 0.15) is 16.5 Å². The summed E-state index contributed by atoms with van der Waals surface area (Å²) in [7, 11) is 0. The number of hydrogen-bond acceptors (Lipinski definition) is 5. The summed E-state index contributed by atoms with van der Waals surface area (Å²) in [5.74, 6) is -0.220. The van der Waals surface area contributed by atoms with Gasteiger partial charge < -0.3 is 10.4 Å². The highest BCUT2D eigenvalue weighted by atomic mass is 32.1. The maximum Gasteiger partial charge on any atom is 0.270 e. The molecule has 0 aliphatic rings. The van der Waals surface area contributed by atoms with Crippen LogP contribution < -0.4 is 5.32 Å². The Morgan fingerprint density at radius 3 is 2.70 bits per heavy atom. The third-order valence-electron chi connectivity index (χ3n) is 3.04. The predicted molar refractivity (Wildman–Crippen MR) is 78.0 cm³/mol. The summed E-state index contributed by atoms with van der Waals surface area (Å²) in [6, 6.07) is 2.83. The van der Waals surface area contributed by atoms with E-state index in [1.54, 1.807) is 11.3 Å². The smallest absolute Gasteiger partial charge is 0.270 e. The molecule has 0 aliphatic heterocycles. The van der Waals surface area contributed by atoms with Crippen molar-refractivity contribution in [2.45, 2.75) is 33.2 Å². The molecule has 1 atom stereocenters. The average molecular weight is 291 g/mol. The van der Waals surface area contributed by atoms with Crippen molar-refractivity contribution in [1.29, 1.82) is 0 Å². The number of aryl methyl sites for hydroxylation is 2. The molecule has 0 saturated carbocycles. The van der Waals surface area contributed by atoms with Gasteiger partial charge in [0.25, 0.3) is 5.91 Å². The summed E-state index contributed by atoms with van der Waals surface area (Å²) in [6.45, 7) is 5.99. The van der Waals surface area contributed by atoms with Crippen LogP contribution in [0.2, 0.25) is 0 Å². The van der Waals surface area contributed by atoms with Crippen molar-refractivity contribution < 1.29 is 9.90 Å². The van der Waals surface area contributed by atoms with Crippen molar-refractivity contribution in [1.82, 2.24) is 15.3 Å². The average Bonchev–Trinajstić information content (AvgIpc) is 2.76. The lowest BCUT2D eigenvalue weighted by Gasteiger charge is -2.14. The highest BCUT2D eigenvalue weighted by Crippen LogP contribution is 2.25. The van der Waals surface area contributed by atoms with Gasteiger partial charge in [-0.2, -0.15) is 0 Å². The Bertz CT molecular complexity index is 588. The second kappa shape index (κ2) is 6.00. The maximum absolute atomic E-state index is 12.1. The molecule has 2 aromatic rings. The number of carbonyl (C=O) groups excluding carboxylic acids is 1. The molecule has 0 aliphatic carbocycles. The minimum absolute atomic E-state index is 0.0414. The lowest BCUT2D eigenvalue weighted by atomic mass is 10.2. The molecule has 1 amide bonds. The van der Waals surface area contributed by atoms with E-state index in [2.05, 4.69) is 15.3 Å². The molecule has 2 aromatic heterocycles. The van der Waals surface area contributed by atoms with Gasteiger partial charge in [-0.25, -0.2) is 9.97 Å². The zero-order chi connectivity index (χ0) is 14.7. The molecular formula is C14H17N3O2S. The fourth-order valence-electron chi connectivity index (χ4n) is 1.74. The van der Waals surface area contributed by atoms with Crippen LogP contribution in [0.25, 0.3) is 0 Å². The van der Waals surface area contributed by atoms with Crippen LogP contribution in [-0.4, -0.2) is 21.0 Å². The molecule has 0 fully saturated rings. The first-order valence-corrected chi connectivity index (χ1v) is 7.22. The third-order valence-corrected chi connectivity index (χ3v) is 4.22. The number of aromatic nitrogens is 2. The van der Waals surface area contributed by atoms with E-state index in [4.69, 9.17) is 0 Å². The Morgan fingerprint density at radius 1 is 1.45 bits per heavy atom. The number of carbonyl (C=O) groups is 1. The van der Waals surface area contributed by atoms with E-state index in [0.717, 1.165) is 22.0 Å². The maximum atomic E-state index is 12.1. The third kappa shape index (κ3) is 3.14. The fraction of sp³-hybridized carbons (Fsp3) is 0.357. The monoisotopic (exact) mass is 291 g/mol. The Kier molecular flexibility index (Phi) is 4.34. The van der Waals surface area contributed by atoms with Gasteiger partial charge in [0.2, 0.25) is 0 Å². The first kappa shape index (κ1) is 14.5. The number of nitrogens with one attached hydrogen (secondary N) is 1. The Labute approximate surface area is 121 Å². The number of nitrogens with zero attached hydrogens (tertiary/aromatic N) is 2. The zero-order valence-corrected chi connectivity index (χ0v) is 12.5. The van der Waals surface area contributed by atoms with Gasteiger partial charge in [0.05, 0.1) is 17.9 Å². The van der Waals surface area contributed by atoms with Crippen LogP contribution in [0.1, 0.15) is 45.5 Å². The number of thiazole rings is 1. The van der Waals surface area contributed by atoms with Crippen LogP contribution in [-0.2, 0) is 0 Å². The van der Waals surface area contributed by atoms with E-state index in [-0.39, 0.29) is 23.4 Å². The van der Waals surface area contributed by atoms with Crippen LogP contribution in [0.4, 0.5) is 0 Å². The molecule has 2 heterocycles. The Balaban J connectivity index is 2.13. The van der Waals surface area contributed by atoms with E-state index in [9.17, 15) is 9.90 Å². The van der Waals surface area contributed by atoms with Gasteiger partial charge in [0.15, 0.2) is 0 Å². The summed E-state index contributed by atoms with van der Waals surface area (Å²) in [4.78, 5) is 21.7. The first-order chi connectivity index (χ1) is 9.51. The number of pyridine rings is 1. The molecule has 0 unspecified atom stereocenters. The molecular weight excluding hydrogens is 274 g/mol. The summed E-state index contributed by atoms with van der Waals surface area (Å²) in [6.07, 6.45) is 2.02. The van der Waals surface area contributed by atoms with Crippen molar-refractivity contribution in [3.05, 3.63) is 39.6 Å². The molecule has 0 radical (unpaired) electrons.